The molecule has 3 aromatic rings. The molecule has 1 saturated carbocycles. The molecule has 33 heavy (non-hydrogen) atoms. The summed E-state index contributed by atoms with van der Waals surface area (Å²) in [5, 5.41) is 4.24. The van der Waals surface area contributed by atoms with E-state index < -0.39 is 5.54 Å². The molecule has 6 heteroatoms. The van der Waals surface area contributed by atoms with Crippen LogP contribution in [0.2, 0.25) is 0 Å². The number of nitrogens with zero attached hydrogens (tertiary/aromatic N) is 2. The molecular formula is C27H30FN3O2. The Morgan fingerprint density at radius 2 is 1.82 bits per heavy atom. The van der Waals surface area contributed by atoms with Crippen molar-refractivity contribution in [1.29, 1.82) is 0 Å². The quantitative estimate of drug-likeness (QED) is 0.570. The maximum Gasteiger partial charge on any atom is 0.271 e. The van der Waals surface area contributed by atoms with Gasteiger partial charge in [-0.2, -0.15) is 0 Å². The van der Waals surface area contributed by atoms with Gasteiger partial charge in [0.05, 0.1) is 6.54 Å². The van der Waals surface area contributed by atoms with Crippen molar-refractivity contribution in [1.82, 2.24) is 14.8 Å². The lowest BCUT2D eigenvalue weighted by atomic mass is 9.93. The Morgan fingerprint density at radius 1 is 1.06 bits per heavy atom. The lowest BCUT2D eigenvalue weighted by Crippen LogP contribution is -2.64. The number of nitrogens with one attached hydrogen (secondary N) is 1. The highest BCUT2D eigenvalue weighted by atomic mass is 19.1. The molecule has 1 aliphatic carbocycles. The van der Waals surface area contributed by atoms with Crippen molar-refractivity contribution in [2.45, 2.75) is 70.1 Å². The molecule has 2 amide bonds. The molecule has 5 nitrogen and oxygen atoms in total. The van der Waals surface area contributed by atoms with Gasteiger partial charge < -0.3 is 14.8 Å². The zero-order chi connectivity index (χ0) is 23.0. The standard InChI is InChI=1S/C27H30FN3O2/c1-27(26(33)29-22-12-4-2-3-5-13-22)18-30-23-14-7-6-10-20(23)16-24(30)25(32)31(27)17-19-9-8-11-21(28)15-19/h6-11,14-16,22H,2-5,12-13,17-18H2,1H3,(H,29,33)/t27-/m1/s1. The summed E-state index contributed by atoms with van der Waals surface area (Å²) < 4.78 is 15.9. The number of amides is 2. The molecule has 0 spiro atoms. The van der Waals surface area contributed by atoms with E-state index in [0.29, 0.717) is 17.8 Å². The van der Waals surface area contributed by atoms with Crippen molar-refractivity contribution in [2.75, 3.05) is 0 Å². The van der Waals surface area contributed by atoms with Gasteiger partial charge in [0.25, 0.3) is 5.91 Å². The second-order valence-corrected chi connectivity index (χ2v) is 9.63. The van der Waals surface area contributed by atoms with Crippen LogP contribution in [0.5, 0.6) is 0 Å². The summed E-state index contributed by atoms with van der Waals surface area (Å²) in [4.78, 5) is 29.2. The summed E-state index contributed by atoms with van der Waals surface area (Å²) in [7, 11) is 0. The number of hydrogen-bond acceptors (Lipinski definition) is 2. The summed E-state index contributed by atoms with van der Waals surface area (Å²) in [5.74, 6) is -0.696. The number of carbonyl (C=O) groups excluding carboxylic acids is 2. The number of benzene rings is 2. The maximum atomic E-state index is 13.9. The first kappa shape index (κ1) is 21.7. The average Bonchev–Trinajstić information content (AvgIpc) is 2.97. The van der Waals surface area contributed by atoms with Crippen LogP contribution in [0.1, 0.15) is 61.5 Å². The number of para-hydroxylation sites is 1. The lowest BCUT2D eigenvalue weighted by Gasteiger charge is -2.44. The fourth-order valence-corrected chi connectivity index (χ4v) is 5.34. The number of rotatable bonds is 4. The molecule has 1 atom stereocenters. The number of hydrogen-bond donors (Lipinski definition) is 1. The van der Waals surface area contributed by atoms with Crippen molar-refractivity contribution in [3.05, 3.63) is 71.7 Å². The predicted octanol–water partition coefficient (Wildman–Crippen LogP) is 5.03. The van der Waals surface area contributed by atoms with E-state index in [0.717, 1.165) is 36.6 Å². The molecule has 172 valence electrons. The molecule has 1 aromatic heterocycles. The van der Waals surface area contributed by atoms with Crippen molar-refractivity contribution in [3.63, 3.8) is 0 Å². The third-order valence-electron chi connectivity index (χ3n) is 7.25. The van der Waals surface area contributed by atoms with Crippen molar-refractivity contribution < 1.29 is 14.0 Å². The Kier molecular flexibility index (Phi) is 5.69. The van der Waals surface area contributed by atoms with Gasteiger partial charge in [-0.15, -0.1) is 0 Å². The molecule has 1 N–H and O–H groups in total. The van der Waals surface area contributed by atoms with Gasteiger partial charge in [-0.25, -0.2) is 4.39 Å². The molecule has 5 rings (SSSR count). The third kappa shape index (κ3) is 4.03. The molecule has 2 aromatic carbocycles. The number of fused-ring (bicyclic) bond motifs is 3. The molecule has 1 aliphatic heterocycles. The Bertz CT molecular complexity index is 1200. The molecular weight excluding hydrogens is 417 g/mol. The van der Waals surface area contributed by atoms with Crippen LogP contribution in [0.4, 0.5) is 4.39 Å². The second kappa shape index (κ2) is 8.65. The van der Waals surface area contributed by atoms with E-state index in [-0.39, 0.29) is 30.2 Å². The zero-order valence-electron chi connectivity index (χ0n) is 19.0. The van der Waals surface area contributed by atoms with E-state index in [4.69, 9.17) is 0 Å². The zero-order valence-corrected chi connectivity index (χ0v) is 19.0. The van der Waals surface area contributed by atoms with Crippen molar-refractivity contribution >= 4 is 22.7 Å². The van der Waals surface area contributed by atoms with Crippen LogP contribution in [0.3, 0.4) is 0 Å². The number of carbonyl (C=O) groups is 2. The highest BCUT2D eigenvalue weighted by Gasteiger charge is 2.48. The van der Waals surface area contributed by atoms with Gasteiger partial charge in [0.15, 0.2) is 0 Å². The molecule has 0 saturated heterocycles. The molecule has 1 fully saturated rings. The van der Waals surface area contributed by atoms with E-state index in [1.807, 2.05) is 41.8 Å². The van der Waals surface area contributed by atoms with Gasteiger partial charge in [0, 0.05) is 23.5 Å². The van der Waals surface area contributed by atoms with Crippen molar-refractivity contribution in [3.8, 4) is 0 Å². The normalized spacial score (nSPS) is 21.6. The monoisotopic (exact) mass is 447 g/mol. The van der Waals surface area contributed by atoms with Gasteiger partial charge in [0.2, 0.25) is 5.91 Å². The summed E-state index contributed by atoms with van der Waals surface area (Å²) >= 11 is 0. The van der Waals surface area contributed by atoms with E-state index in [1.54, 1.807) is 17.0 Å². The van der Waals surface area contributed by atoms with Crippen LogP contribution < -0.4 is 5.32 Å². The van der Waals surface area contributed by atoms with Crippen LogP contribution in [-0.2, 0) is 17.9 Å². The smallest absolute Gasteiger partial charge is 0.271 e. The summed E-state index contributed by atoms with van der Waals surface area (Å²) in [6, 6.07) is 16.1. The van der Waals surface area contributed by atoms with Gasteiger partial charge in [-0.1, -0.05) is 56.0 Å². The lowest BCUT2D eigenvalue weighted by molar-refractivity contribution is -0.134. The Balaban J connectivity index is 1.54. The van der Waals surface area contributed by atoms with Gasteiger partial charge in [-0.3, -0.25) is 9.59 Å². The molecule has 2 aliphatic rings. The molecule has 0 bridgehead atoms. The van der Waals surface area contributed by atoms with E-state index in [1.165, 1.54) is 25.0 Å². The Labute approximate surface area is 193 Å². The molecule has 0 radical (unpaired) electrons. The van der Waals surface area contributed by atoms with Crippen LogP contribution in [0.15, 0.2) is 54.6 Å². The minimum Gasteiger partial charge on any atom is -0.351 e. The first-order valence-corrected chi connectivity index (χ1v) is 11.9. The van der Waals surface area contributed by atoms with Gasteiger partial charge >= 0.3 is 0 Å². The van der Waals surface area contributed by atoms with Crippen molar-refractivity contribution in [2.24, 2.45) is 0 Å². The summed E-state index contributed by atoms with van der Waals surface area (Å²) in [6.45, 7) is 2.37. The minimum absolute atomic E-state index is 0.130. The van der Waals surface area contributed by atoms with Gasteiger partial charge in [0.1, 0.15) is 17.1 Å². The SMILES string of the molecule is C[C@]1(C(=O)NC2CCCCCC2)Cn2c(cc3ccccc32)C(=O)N1Cc1cccc(F)c1. The predicted molar refractivity (Wildman–Crippen MR) is 126 cm³/mol. The summed E-state index contributed by atoms with van der Waals surface area (Å²) in [6.07, 6.45) is 6.56. The van der Waals surface area contributed by atoms with Crippen LogP contribution >= 0.6 is 0 Å². The first-order valence-electron chi connectivity index (χ1n) is 11.9. The minimum atomic E-state index is -1.09. The fraction of sp³-hybridized carbons (Fsp3) is 0.407. The Hall–Kier alpha value is -3.15. The molecule has 2 heterocycles. The van der Waals surface area contributed by atoms with Crippen LogP contribution in [0, 0.1) is 5.82 Å². The van der Waals surface area contributed by atoms with E-state index >= 15 is 0 Å². The highest BCUT2D eigenvalue weighted by Crippen LogP contribution is 2.34. The summed E-state index contributed by atoms with van der Waals surface area (Å²) in [5.41, 5.74) is 1.08. The maximum absolute atomic E-state index is 13.9. The van der Waals surface area contributed by atoms with Gasteiger partial charge in [-0.05, 0) is 49.6 Å². The second-order valence-electron chi connectivity index (χ2n) is 9.63. The average molecular weight is 448 g/mol. The number of halogens is 1. The Morgan fingerprint density at radius 3 is 2.58 bits per heavy atom. The van der Waals surface area contributed by atoms with E-state index in [2.05, 4.69) is 5.32 Å². The number of aromatic nitrogens is 1. The van der Waals surface area contributed by atoms with Crippen LogP contribution in [-0.4, -0.2) is 32.9 Å². The van der Waals surface area contributed by atoms with E-state index in [9.17, 15) is 14.0 Å². The molecule has 0 unspecified atom stereocenters. The first-order chi connectivity index (χ1) is 16.0. The fourth-order valence-electron chi connectivity index (χ4n) is 5.34. The topological polar surface area (TPSA) is 54.3 Å². The largest absolute Gasteiger partial charge is 0.351 e. The van der Waals surface area contributed by atoms with Crippen LogP contribution in [0.25, 0.3) is 10.9 Å². The highest BCUT2D eigenvalue weighted by molar-refractivity contribution is 6.03. The third-order valence-corrected chi connectivity index (χ3v) is 7.25.